The first-order chi connectivity index (χ1) is 8.95. The highest BCUT2D eigenvalue weighted by atomic mass is 19.4. The van der Waals surface area contributed by atoms with Crippen LogP contribution in [0.1, 0.15) is 17.8 Å². The van der Waals surface area contributed by atoms with E-state index < -0.39 is 11.7 Å². The molecule has 0 spiro atoms. The van der Waals surface area contributed by atoms with Gasteiger partial charge in [0.15, 0.2) is 5.82 Å². The van der Waals surface area contributed by atoms with Crippen LogP contribution < -0.4 is 5.73 Å². The maximum atomic E-state index is 12.8. The molecule has 1 aromatic carbocycles. The van der Waals surface area contributed by atoms with E-state index in [1.54, 1.807) is 0 Å². The van der Waals surface area contributed by atoms with Gasteiger partial charge in [0.25, 0.3) is 0 Å². The lowest BCUT2D eigenvalue weighted by molar-refractivity contribution is -0.137. The molecule has 0 saturated carbocycles. The minimum Gasteiger partial charge on any atom is -0.399 e. The van der Waals surface area contributed by atoms with Crippen molar-refractivity contribution in [2.75, 3.05) is 5.73 Å². The number of aryl methyl sites for hydroxylation is 1. The Kier molecular flexibility index (Phi) is 2.51. The van der Waals surface area contributed by atoms with Crippen LogP contribution in [0, 0.1) is 0 Å². The van der Waals surface area contributed by atoms with E-state index in [0.29, 0.717) is 11.4 Å². The highest BCUT2D eigenvalue weighted by Crippen LogP contribution is 2.34. The van der Waals surface area contributed by atoms with Crippen molar-refractivity contribution in [3.05, 3.63) is 29.6 Å². The molecule has 100 valence electrons. The number of hydrogen-bond acceptors (Lipinski definition) is 3. The fourth-order valence-corrected chi connectivity index (χ4v) is 2.31. The van der Waals surface area contributed by atoms with Crippen molar-refractivity contribution in [2.45, 2.75) is 25.6 Å². The van der Waals surface area contributed by atoms with E-state index in [1.807, 2.05) is 4.57 Å². The number of alkyl halides is 3. The second kappa shape index (κ2) is 3.97. The third-order valence-electron chi connectivity index (χ3n) is 3.15. The highest BCUT2D eigenvalue weighted by Gasteiger charge is 2.31. The van der Waals surface area contributed by atoms with Gasteiger partial charge < -0.3 is 10.3 Å². The van der Waals surface area contributed by atoms with Crippen LogP contribution >= 0.6 is 0 Å². The van der Waals surface area contributed by atoms with Gasteiger partial charge in [-0.25, -0.2) is 0 Å². The predicted octanol–water partition coefficient (Wildman–Crippen LogP) is 2.49. The monoisotopic (exact) mass is 268 g/mol. The Balaban J connectivity index is 2.12. The molecule has 2 N–H and O–H groups in total. The van der Waals surface area contributed by atoms with Gasteiger partial charge >= 0.3 is 6.18 Å². The molecule has 19 heavy (non-hydrogen) atoms. The molecule has 2 heterocycles. The molecule has 2 aromatic rings. The van der Waals surface area contributed by atoms with Crippen molar-refractivity contribution in [2.24, 2.45) is 0 Å². The summed E-state index contributed by atoms with van der Waals surface area (Å²) in [5.41, 5.74) is 5.21. The first-order valence-corrected chi connectivity index (χ1v) is 5.85. The van der Waals surface area contributed by atoms with Gasteiger partial charge in [0.05, 0.1) is 5.56 Å². The predicted molar refractivity (Wildman–Crippen MR) is 63.2 cm³/mol. The van der Waals surface area contributed by atoms with Crippen molar-refractivity contribution >= 4 is 5.69 Å². The number of anilines is 1. The summed E-state index contributed by atoms with van der Waals surface area (Å²) < 4.78 is 40.1. The Bertz CT molecular complexity index is 630. The smallest absolute Gasteiger partial charge is 0.399 e. The lowest BCUT2D eigenvalue weighted by Gasteiger charge is -2.10. The van der Waals surface area contributed by atoms with Crippen molar-refractivity contribution < 1.29 is 13.2 Å². The van der Waals surface area contributed by atoms with Gasteiger partial charge in [0.2, 0.25) is 0 Å². The summed E-state index contributed by atoms with van der Waals surface area (Å²) in [6.07, 6.45) is -2.67. The van der Waals surface area contributed by atoms with Crippen LogP contribution in [0.4, 0.5) is 18.9 Å². The third kappa shape index (κ3) is 2.05. The summed E-state index contributed by atoms with van der Waals surface area (Å²) >= 11 is 0. The molecule has 0 radical (unpaired) electrons. The van der Waals surface area contributed by atoms with Crippen molar-refractivity contribution in [3.63, 3.8) is 0 Å². The second-order valence-corrected chi connectivity index (χ2v) is 4.54. The Hall–Kier alpha value is -2.05. The van der Waals surface area contributed by atoms with Crippen LogP contribution in [-0.4, -0.2) is 14.8 Å². The Morgan fingerprint density at radius 3 is 2.68 bits per heavy atom. The topological polar surface area (TPSA) is 56.7 Å². The number of benzene rings is 1. The third-order valence-corrected chi connectivity index (χ3v) is 3.15. The number of halogens is 3. The number of rotatable bonds is 1. The van der Waals surface area contributed by atoms with Crippen LogP contribution in [-0.2, 0) is 19.1 Å². The van der Waals surface area contributed by atoms with Gasteiger partial charge in [0.1, 0.15) is 5.82 Å². The standard InChI is InChI=1S/C12H11F3N4/c13-12(14,15)8-4-7(5-9(16)6-8)11-18-17-10-2-1-3-19(10)11/h4-6H,1-3,16H2. The Labute approximate surface area is 107 Å². The van der Waals surface area contributed by atoms with Crippen LogP contribution in [0.25, 0.3) is 11.4 Å². The van der Waals surface area contributed by atoms with Crippen molar-refractivity contribution in [1.82, 2.24) is 14.8 Å². The van der Waals surface area contributed by atoms with Gasteiger partial charge in [-0.2, -0.15) is 13.2 Å². The molecule has 0 amide bonds. The van der Waals surface area contributed by atoms with E-state index in [2.05, 4.69) is 10.2 Å². The zero-order chi connectivity index (χ0) is 13.6. The first kappa shape index (κ1) is 12.0. The summed E-state index contributed by atoms with van der Waals surface area (Å²) in [6, 6.07) is 3.47. The average Bonchev–Trinajstić information content (AvgIpc) is 2.87. The van der Waals surface area contributed by atoms with Crippen molar-refractivity contribution in [3.8, 4) is 11.4 Å². The maximum absolute atomic E-state index is 12.8. The molecular weight excluding hydrogens is 257 g/mol. The Morgan fingerprint density at radius 1 is 1.16 bits per heavy atom. The first-order valence-electron chi connectivity index (χ1n) is 5.85. The van der Waals surface area contributed by atoms with Crippen LogP contribution in [0.2, 0.25) is 0 Å². The summed E-state index contributed by atoms with van der Waals surface area (Å²) in [5.74, 6) is 1.26. The molecule has 7 heteroatoms. The average molecular weight is 268 g/mol. The minimum absolute atomic E-state index is 0.0696. The van der Waals surface area contributed by atoms with Gasteiger partial charge in [0, 0.05) is 24.2 Å². The number of nitrogens with two attached hydrogens (primary N) is 1. The summed E-state index contributed by atoms with van der Waals surface area (Å²) in [5, 5.41) is 7.95. The van der Waals surface area contributed by atoms with E-state index >= 15 is 0 Å². The van der Waals surface area contributed by atoms with E-state index in [1.165, 1.54) is 6.07 Å². The van der Waals surface area contributed by atoms with E-state index in [9.17, 15) is 13.2 Å². The minimum atomic E-state index is -4.42. The number of nitrogen functional groups attached to an aromatic ring is 1. The molecule has 0 aliphatic carbocycles. The number of nitrogens with zero attached hydrogens (tertiary/aromatic N) is 3. The highest BCUT2D eigenvalue weighted by molar-refractivity contribution is 5.63. The van der Waals surface area contributed by atoms with Gasteiger partial charge in [-0.05, 0) is 24.6 Å². The largest absolute Gasteiger partial charge is 0.416 e. The molecule has 0 unspecified atom stereocenters. The maximum Gasteiger partial charge on any atom is 0.416 e. The lowest BCUT2D eigenvalue weighted by atomic mass is 10.1. The molecule has 1 aliphatic rings. The molecule has 0 saturated heterocycles. The quantitative estimate of drug-likeness (QED) is 0.808. The summed E-state index contributed by atoms with van der Waals surface area (Å²) in [4.78, 5) is 0. The van der Waals surface area contributed by atoms with Crippen LogP contribution in [0.15, 0.2) is 18.2 Å². The van der Waals surface area contributed by atoms with E-state index in [-0.39, 0.29) is 5.69 Å². The lowest BCUT2D eigenvalue weighted by Crippen LogP contribution is -2.07. The molecule has 3 rings (SSSR count). The van der Waals surface area contributed by atoms with Gasteiger partial charge in [-0.3, -0.25) is 0 Å². The van der Waals surface area contributed by atoms with Crippen LogP contribution in [0.5, 0.6) is 0 Å². The van der Waals surface area contributed by atoms with Crippen molar-refractivity contribution in [1.29, 1.82) is 0 Å². The van der Waals surface area contributed by atoms with Gasteiger partial charge in [-0.1, -0.05) is 0 Å². The number of fused-ring (bicyclic) bond motifs is 1. The molecule has 1 aliphatic heterocycles. The molecule has 0 atom stereocenters. The number of aromatic nitrogens is 3. The molecular formula is C12H11F3N4. The molecule has 0 fully saturated rings. The normalized spacial score (nSPS) is 14.7. The SMILES string of the molecule is Nc1cc(-c2nnc3n2CCC3)cc(C(F)(F)F)c1. The molecule has 4 nitrogen and oxygen atoms in total. The second-order valence-electron chi connectivity index (χ2n) is 4.54. The molecule has 1 aromatic heterocycles. The zero-order valence-corrected chi connectivity index (χ0v) is 9.91. The number of hydrogen-bond donors (Lipinski definition) is 1. The van der Waals surface area contributed by atoms with Crippen LogP contribution in [0.3, 0.4) is 0 Å². The van der Waals surface area contributed by atoms with Gasteiger partial charge in [-0.15, -0.1) is 10.2 Å². The van der Waals surface area contributed by atoms with E-state index in [4.69, 9.17) is 5.73 Å². The zero-order valence-electron chi connectivity index (χ0n) is 9.91. The molecule has 0 bridgehead atoms. The Morgan fingerprint density at radius 2 is 1.95 bits per heavy atom. The fourth-order valence-electron chi connectivity index (χ4n) is 2.31. The fraction of sp³-hybridized carbons (Fsp3) is 0.333. The summed E-state index contributed by atoms with van der Waals surface area (Å²) in [7, 11) is 0. The summed E-state index contributed by atoms with van der Waals surface area (Å²) in [6.45, 7) is 0.730. The van der Waals surface area contributed by atoms with E-state index in [0.717, 1.165) is 37.3 Å².